The predicted molar refractivity (Wildman–Crippen MR) is 132 cm³/mol. The summed E-state index contributed by atoms with van der Waals surface area (Å²) in [5.41, 5.74) is 4.18. The average Bonchev–Trinajstić information content (AvgIpc) is 3.22. The lowest BCUT2D eigenvalue weighted by Gasteiger charge is -2.53. The number of aliphatic hydroxyl groups is 3. The third-order valence-corrected chi connectivity index (χ3v) is 9.01. The summed E-state index contributed by atoms with van der Waals surface area (Å²) >= 11 is 1.56. The number of Topliss-reactive ketones (excluding diaryl/α,β-unsaturated/α-hetero) is 2. The Labute approximate surface area is 211 Å². The summed E-state index contributed by atoms with van der Waals surface area (Å²) in [5.74, 6) is -7.41. The van der Waals surface area contributed by atoms with Crippen LogP contribution in [0.25, 0.3) is 16.2 Å². The fraction of sp³-hybridized carbons (Fsp3) is 0.423. The molecule has 9 nitrogen and oxygen atoms in total. The Morgan fingerprint density at radius 1 is 1.17 bits per heavy atom. The number of benzene rings is 1. The molecule has 2 aromatic rings. The predicted octanol–water partition coefficient (Wildman–Crippen LogP) is 1.17. The second-order valence-corrected chi connectivity index (χ2v) is 11.5. The van der Waals surface area contributed by atoms with Crippen LogP contribution in [0.2, 0.25) is 0 Å². The van der Waals surface area contributed by atoms with Crippen molar-refractivity contribution in [1.29, 1.82) is 0 Å². The average molecular weight is 513 g/mol. The van der Waals surface area contributed by atoms with E-state index in [2.05, 4.69) is 0 Å². The lowest BCUT2D eigenvalue weighted by Crippen LogP contribution is -2.73. The van der Waals surface area contributed by atoms with E-state index in [1.165, 1.54) is 6.07 Å². The zero-order valence-electron chi connectivity index (χ0n) is 20.1. The first-order chi connectivity index (χ1) is 16.9. The van der Waals surface area contributed by atoms with Crippen molar-refractivity contribution < 1.29 is 34.8 Å². The van der Waals surface area contributed by atoms with Gasteiger partial charge in [-0.05, 0) is 75.2 Å². The van der Waals surface area contributed by atoms with Gasteiger partial charge in [-0.25, -0.2) is 0 Å². The molecular weight excluding hydrogens is 484 g/mol. The summed E-state index contributed by atoms with van der Waals surface area (Å²) in [4.78, 5) is 42.9. The van der Waals surface area contributed by atoms with Crippen LogP contribution in [0.3, 0.4) is 0 Å². The summed E-state index contributed by atoms with van der Waals surface area (Å²) in [5, 5.41) is 44.5. The van der Waals surface area contributed by atoms with Gasteiger partial charge >= 0.3 is 0 Å². The molecule has 2 saturated carbocycles. The molecule has 6 atom stereocenters. The van der Waals surface area contributed by atoms with E-state index in [0.717, 1.165) is 15.3 Å². The van der Waals surface area contributed by atoms with Gasteiger partial charge in [0, 0.05) is 27.3 Å². The first kappa shape index (κ1) is 24.6. The monoisotopic (exact) mass is 512 g/mol. The number of nitrogens with two attached hydrogens (primary N) is 1. The van der Waals surface area contributed by atoms with Crippen LogP contribution in [-0.2, 0) is 20.8 Å². The molecule has 1 amide bonds. The molecule has 0 spiro atoms. The van der Waals surface area contributed by atoms with Crippen LogP contribution < -0.4 is 5.73 Å². The Kier molecular flexibility index (Phi) is 5.64. The Bertz CT molecular complexity index is 1350. The number of aromatic hydroxyl groups is 1. The van der Waals surface area contributed by atoms with E-state index in [1.807, 2.05) is 19.1 Å². The number of amides is 1. The molecule has 2 fully saturated rings. The minimum atomic E-state index is -2.65. The van der Waals surface area contributed by atoms with Crippen molar-refractivity contribution in [3.05, 3.63) is 45.8 Å². The van der Waals surface area contributed by atoms with Gasteiger partial charge in [0.15, 0.2) is 11.4 Å². The van der Waals surface area contributed by atoms with Crippen molar-refractivity contribution in [3.63, 3.8) is 0 Å². The first-order valence-corrected chi connectivity index (χ1v) is 12.5. The van der Waals surface area contributed by atoms with Crippen molar-refractivity contribution in [3.8, 4) is 16.2 Å². The van der Waals surface area contributed by atoms with Crippen LogP contribution in [-0.4, -0.2) is 74.6 Å². The van der Waals surface area contributed by atoms with Crippen LogP contribution in [0, 0.1) is 24.7 Å². The van der Waals surface area contributed by atoms with Crippen LogP contribution in [0.4, 0.5) is 0 Å². The van der Waals surface area contributed by atoms with E-state index in [-0.39, 0.29) is 29.7 Å². The van der Waals surface area contributed by atoms with Crippen molar-refractivity contribution in [2.75, 3.05) is 14.1 Å². The molecule has 6 N–H and O–H groups in total. The minimum Gasteiger partial charge on any atom is -0.507 e. The molecular formula is C26H28N2O7S. The number of carbonyl (C=O) groups excluding carboxylic acids is 3. The number of nitrogens with zero attached hydrogens (tertiary/aromatic N) is 1. The van der Waals surface area contributed by atoms with Gasteiger partial charge in [-0.2, -0.15) is 0 Å². The highest BCUT2D eigenvalue weighted by atomic mass is 32.1. The normalized spacial score (nSPS) is 31.8. The Morgan fingerprint density at radius 3 is 2.44 bits per heavy atom. The highest BCUT2D eigenvalue weighted by molar-refractivity contribution is 7.15. The number of primary amides is 1. The number of fused-ring (bicyclic) bond motifs is 3. The van der Waals surface area contributed by atoms with E-state index in [1.54, 1.807) is 36.4 Å². The smallest absolute Gasteiger partial charge is 0.230 e. The number of phenolic OH excluding ortho intramolecular Hbond substituents is 1. The van der Waals surface area contributed by atoms with Crippen LogP contribution in [0.15, 0.2) is 29.8 Å². The Balaban J connectivity index is 1.71. The summed E-state index contributed by atoms with van der Waals surface area (Å²) < 4.78 is 0. The largest absolute Gasteiger partial charge is 0.507 e. The molecule has 0 bridgehead atoms. The van der Waals surface area contributed by atoms with Gasteiger partial charge in [0.2, 0.25) is 11.7 Å². The van der Waals surface area contributed by atoms with Crippen LogP contribution in [0.5, 0.6) is 5.75 Å². The third kappa shape index (κ3) is 3.21. The van der Waals surface area contributed by atoms with E-state index < -0.39 is 58.7 Å². The lowest BCUT2D eigenvalue weighted by molar-refractivity contribution is -0.184. The van der Waals surface area contributed by atoms with Gasteiger partial charge < -0.3 is 31.1 Å². The van der Waals surface area contributed by atoms with Gasteiger partial charge in [0.25, 0.3) is 0 Å². The van der Waals surface area contributed by atoms with Crippen molar-refractivity contribution >= 4 is 34.6 Å². The quantitative estimate of drug-likeness (QED) is 0.383. The van der Waals surface area contributed by atoms with Gasteiger partial charge in [-0.3, -0.25) is 14.4 Å². The maximum atomic E-state index is 13.8. The Morgan fingerprint density at radius 2 is 1.86 bits per heavy atom. The number of likely N-dealkylation sites (N-methyl/N-ethyl adjacent to an activating group) is 1. The topological polar surface area (TPSA) is 161 Å². The lowest BCUT2D eigenvalue weighted by atomic mass is 9.54. The molecule has 5 rings (SSSR count). The molecule has 10 heteroatoms. The van der Waals surface area contributed by atoms with Crippen molar-refractivity contribution in [2.24, 2.45) is 23.5 Å². The summed E-state index contributed by atoms with van der Waals surface area (Å²) in [6.45, 7) is 1.98. The molecule has 0 aliphatic heterocycles. The number of carbonyl (C=O) groups is 3. The van der Waals surface area contributed by atoms with E-state index >= 15 is 0 Å². The standard InChI is InChI=1S/C26H28N2O7S/c1-10-4-7-16(36-10)12-5-6-15(29)18-13(12)8-11-9-14-20(28(2)3)22(31)19(25(27)34)24(33)26(14,35)23(32)17(11)21(18)30/h4-7,11,14,19-20,22,29-31,35H,8-9H2,1-3H3,(H2,27,34)/t11-,14-,19?,20-,22?,26-/m1/s1. The maximum absolute atomic E-state index is 13.8. The first-order valence-electron chi connectivity index (χ1n) is 11.7. The van der Waals surface area contributed by atoms with E-state index in [9.17, 15) is 34.8 Å². The third-order valence-electron chi connectivity index (χ3n) is 7.98. The summed E-state index contributed by atoms with van der Waals surface area (Å²) in [7, 11) is 3.25. The Hall–Kier alpha value is -3.05. The highest BCUT2D eigenvalue weighted by Gasteiger charge is 2.67. The number of aliphatic hydroxyl groups excluding tert-OH is 2. The molecule has 0 saturated heterocycles. The maximum Gasteiger partial charge on any atom is 0.230 e. The second kappa shape index (κ2) is 8.24. The molecule has 1 heterocycles. The van der Waals surface area contributed by atoms with Crippen molar-refractivity contribution in [1.82, 2.24) is 4.90 Å². The van der Waals surface area contributed by atoms with E-state index in [4.69, 9.17) is 5.73 Å². The van der Waals surface area contributed by atoms with Gasteiger partial charge in [0.1, 0.15) is 17.4 Å². The number of rotatable bonds is 3. The zero-order chi connectivity index (χ0) is 26.3. The van der Waals surface area contributed by atoms with Crippen molar-refractivity contribution in [2.45, 2.75) is 37.5 Å². The molecule has 3 aliphatic carbocycles. The highest BCUT2D eigenvalue weighted by Crippen LogP contribution is 2.53. The van der Waals surface area contributed by atoms with Gasteiger partial charge in [-0.1, -0.05) is 0 Å². The van der Waals surface area contributed by atoms with E-state index in [0.29, 0.717) is 5.56 Å². The van der Waals surface area contributed by atoms with Gasteiger partial charge in [0.05, 0.1) is 11.7 Å². The molecule has 1 aromatic carbocycles. The fourth-order valence-corrected chi connectivity index (χ4v) is 7.33. The molecule has 0 radical (unpaired) electrons. The molecule has 1 aromatic heterocycles. The number of ketones is 2. The fourth-order valence-electron chi connectivity index (χ4n) is 6.41. The summed E-state index contributed by atoms with van der Waals surface area (Å²) in [6.07, 6.45) is -1.14. The minimum absolute atomic E-state index is 0.0940. The number of phenols is 1. The summed E-state index contributed by atoms with van der Waals surface area (Å²) in [6, 6.07) is 6.23. The molecule has 3 aliphatic rings. The number of hydrogen-bond acceptors (Lipinski definition) is 9. The second-order valence-electron chi connectivity index (χ2n) is 10.2. The number of thiophene rings is 1. The number of hydrogen-bond donors (Lipinski definition) is 5. The molecule has 190 valence electrons. The van der Waals surface area contributed by atoms with Crippen LogP contribution >= 0.6 is 11.3 Å². The molecule has 36 heavy (non-hydrogen) atoms. The van der Waals surface area contributed by atoms with Gasteiger partial charge in [-0.15, -0.1) is 11.3 Å². The number of aryl methyl sites for hydroxylation is 1. The zero-order valence-corrected chi connectivity index (χ0v) is 20.9. The van der Waals surface area contributed by atoms with Crippen LogP contribution in [0.1, 0.15) is 22.4 Å². The molecule has 2 unspecified atom stereocenters. The SMILES string of the molecule is Cc1ccc(-c2ccc(O)c3c2C[C@@H]2C[C@@H]4[C@@H](N(C)C)C(O)C(C(N)=O)C(=O)[C@]4(O)C(=O)C2=C3O)s1.